The second kappa shape index (κ2) is 8.93. The number of para-hydroxylation sites is 1. The maximum Gasteiger partial charge on any atom is 0.295 e. The Hall–Kier alpha value is -4.13. The third kappa shape index (κ3) is 3.69. The number of hydrogen-bond acceptors (Lipinski definition) is 6. The summed E-state index contributed by atoms with van der Waals surface area (Å²) in [5, 5.41) is 11.1. The van der Waals surface area contributed by atoms with Crippen LogP contribution >= 0.6 is 0 Å². The van der Waals surface area contributed by atoms with Gasteiger partial charge in [-0.2, -0.15) is 0 Å². The van der Waals surface area contributed by atoms with Gasteiger partial charge in [0.15, 0.2) is 11.5 Å². The zero-order chi connectivity index (χ0) is 22.7. The Morgan fingerprint density at radius 3 is 2.44 bits per heavy atom. The molecule has 3 aromatic rings. The Labute approximate surface area is 185 Å². The van der Waals surface area contributed by atoms with Crippen molar-refractivity contribution in [2.75, 3.05) is 14.2 Å². The number of likely N-dealkylation sites (tertiary alicyclic amines) is 1. The molecule has 1 saturated heterocycles. The number of ether oxygens (including phenoxy) is 2. The van der Waals surface area contributed by atoms with Crippen LogP contribution in [0.15, 0.2) is 78.6 Å². The standard InChI is InChI=1S/C25H22N2O5/c1-31-19-12-6-11-18(24(19)32-2)21-20(22(28)17-9-4-3-5-10-17)23(29)25(30)27(21)15-16-8-7-13-26-14-16/h3-14,21,28H,15H2,1-2H3/b22-20+/t21-/m1/s1. The van der Waals surface area contributed by atoms with Crippen molar-refractivity contribution < 1.29 is 24.2 Å². The molecule has 1 amide bonds. The summed E-state index contributed by atoms with van der Waals surface area (Å²) in [6, 6.07) is 16.6. The van der Waals surface area contributed by atoms with E-state index in [9.17, 15) is 14.7 Å². The van der Waals surface area contributed by atoms with Crippen LogP contribution in [-0.2, 0) is 16.1 Å². The molecule has 1 aliphatic rings. The average molecular weight is 430 g/mol. The van der Waals surface area contributed by atoms with Crippen LogP contribution in [0.1, 0.15) is 22.7 Å². The number of pyridine rings is 1. The van der Waals surface area contributed by atoms with Crippen LogP contribution in [0.4, 0.5) is 0 Å². The van der Waals surface area contributed by atoms with Gasteiger partial charge in [0.1, 0.15) is 5.76 Å². The summed E-state index contributed by atoms with van der Waals surface area (Å²) in [5.74, 6) is -0.868. The highest BCUT2D eigenvalue weighted by Gasteiger charge is 2.47. The molecule has 1 aromatic heterocycles. The van der Waals surface area contributed by atoms with Gasteiger partial charge in [-0.15, -0.1) is 0 Å². The molecule has 32 heavy (non-hydrogen) atoms. The van der Waals surface area contributed by atoms with Crippen LogP contribution in [0.3, 0.4) is 0 Å². The lowest BCUT2D eigenvalue weighted by molar-refractivity contribution is -0.140. The van der Waals surface area contributed by atoms with Crippen molar-refractivity contribution >= 4 is 17.4 Å². The number of hydrogen-bond donors (Lipinski definition) is 1. The molecule has 0 bridgehead atoms. The number of methoxy groups -OCH3 is 2. The minimum Gasteiger partial charge on any atom is -0.507 e. The molecule has 0 aliphatic carbocycles. The lowest BCUT2D eigenvalue weighted by atomic mass is 9.94. The summed E-state index contributed by atoms with van der Waals surface area (Å²) in [6.45, 7) is 0.134. The monoisotopic (exact) mass is 430 g/mol. The number of Topliss-reactive ketones (excluding diaryl/α,β-unsaturated/α-hetero) is 1. The fourth-order valence-electron chi connectivity index (χ4n) is 3.93. The van der Waals surface area contributed by atoms with Crippen molar-refractivity contribution in [1.82, 2.24) is 9.88 Å². The summed E-state index contributed by atoms with van der Waals surface area (Å²) < 4.78 is 11.0. The number of amides is 1. The predicted molar refractivity (Wildman–Crippen MR) is 118 cm³/mol. The summed E-state index contributed by atoms with van der Waals surface area (Å²) >= 11 is 0. The van der Waals surface area contributed by atoms with Gasteiger partial charge in [-0.05, 0) is 17.7 Å². The summed E-state index contributed by atoms with van der Waals surface area (Å²) in [6.07, 6.45) is 3.27. The number of carbonyl (C=O) groups is 2. The van der Waals surface area contributed by atoms with Gasteiger partial charge in [0.05, 0.1) is 25.8 Å². The number of carbonyl (C=O) groups excluding carboxylic acids is 2. The lowest BCUT2D eigenvalue weighted by Crippen LogP contribution is -2.29. The number of nitrogens with zero attached hydrogens (tertiary/aromatic N) is 2. The van der Waals surface area contributed by atoms with E-state index in [1.54, 1.807) is 67.0 Å². The highest BCUT2D eigenvalue weighted by Crippen LogP contribution is 2.45. The van der Waals surface area contributed by atoms with E-state index in [1.807, 2.05) is 6.07 Å². The molecule has 0 saturated carbocycles. The zero-order valence-electron chi connectivity index (χ0n) is 17.7. The number of benzene rings is 2. The second-order valence-electron chi connectivity index (χ2n) is 7.24. The molecule has 0 radical (unpaired) electrons. The first-order chi connectivity index (χ1) is 15.6. The molecule has 162 valence electrons. The molecule has 7 nitrogen and oxygen atoms in total. The topological polar surface area (TPSA) is 89.0 Å². The summed E-state index contributed by atoms with van der Waals surface area (Å²) in [4.78, 5) is 31.8. The van der Waals surface area contributed by atoms with Crippen molar-refractivity contribution in [2.45, 2.75) is 12.6 Å². The molecule has 2 aromatic carbocycles. The van der Waals surface area contributed by atoms with Crippen LogP contribution in [0, 0.1) is 0 Å². The third-order valence-electron chi connectivity index (χ3n) is 5.39. The molecule has 4 rings (SSSR count). The maximum atomic E-state index is 13.2. The van der Waals surface area contributed by atoms with E-state index in [0.717, 1.165) is 5.56 Å². The highest BCUT2D eigenvalue weighted by molar-refractivity contribution is 6.46. The fraction of sp³-hybridized carbons (Fsp3) is 0.160. The van der Waals surface area contributed by atoms with E-state index in [-0.39, 0.29) is 17.9 Å². The largest absolute Gasteiger partial charge is 0.507 e. The van der Waals surface area contributed by atoms with E-state index in [2.05, 4.69) is 4.98 Å². The Kier molecular flexibility index (Phi) is 5.89. The van der Waals surface area contributed by atoms with Crippen LogP contribution in [-0.4, -0.2) is 40.9 Å². The van der Waals surface area contributed by atoms with E-state index in [0.29, 0.717) is 22.6 Å². The van der Waals surface area contributed by atoms with Crippen LogP contribution in [0.5, 0.6) is 11.5 Å². The van der Waals surface area contributed by atoms with Crippen LogP contribution < -0.4 is 9.47 Å². The molecule has 1 N–H and O–H groups in total. The smallest absolute Gasteiger partial charge is 0.295 e. The van der Waals surface area contributed by atoms with Crippen molar-refractivity contribution in [2.24, 2.45) is 0 Å². The Morgan fingerprint density at radius 2 is 1.78 bits per heavy atom. The summed E-state index contributed by atoms with van der Waals surface area (Å²) in [7, 11) is 3.00. The van der Waals surface area contributed by atoms with E-state index >= 15 is 0 Å². The van der Waals surface area contributed by atoms with Gasteiger partial charge in [0, 0.05) is 30.1 Å². The predicted octanol–water partition coefficient (Wildman–Crippen LogP) is 3.72. The van der Waals surface area contributed by atoms with E-state index < -0.39 is 17.7 Å². The zero-order valence-corrected chi connectivity index (χ0v) is 17.7. The fourth-order valence-corrected chi connectivity index (χ4v) is 3.93. The first kappa shape index (κ1) is 21.1. The van der Waals surface area contributed by atoms with E-state index in [1.165, 1.54) is 19.1 Å². The van der Waals surface area contributed by atoms with Gasteiger partial charge in [-0.3, -0.25) is 14.6 Å². The van der Waals surface area contributed by atoms with Crippen LogP contribution in [0.25, 0.3) is 5.76 Å². The molecule has 2 heterocycles. The second-order valence-corrected chi connectivity index (χ2v) is 7.24. The van der Waals surface area contributed by atoms with Gasteiger partial charge >= 0.3 is 0 Å². The van der Waals surface area contributed by atoms with Gasteiger partial charge in [-0.25, -0.2) is 0 Å². The third-order valence-corrected chi connectivity index (χ3v) is 5.39. The number of ketones is 1. The number of aliphatic hydroxyl groups excluding tert-OH is 1. The average Bonchev–Trinajstić information content (AvgIpc) is 3.09. The Balaban J connectivity index is 1.94. The Morgan fingerprint density at radius 1 is 1.00 bits per heavy atom. The van der Waals surface area contributed by atoms with Gasteiger partial charge in [0.25, 0.3) is 11.7 Å². The number of aliphatic hydroxyl groups is 1. The molecule has 1 atom stereocenters. The molecular formula is C25H22N2O5. The highest BCUT2D eigenvalue weighted by atomic mass is 16.5. The van der Waals surface area contributed by atoms with Gasteiger partial charge < -0.3 is 19.5 Å². The lowest BCUT2D eigenvalue weighted by Gasteiger charge is -2.27. The summed E-state index contributed by atoms with van der Waals surface area (Å²) in [5.41, 5.74) is 1.73. The van der Waals surface area contributed by atoms with Crippen molar-refractivity contribution in [3.05, 3.63) is 95.3 Å². The minimum atomic E-state index is -0.875. The SMILES string of the molecule is COc1cccc([C@@H]2/C(=C(\O)c3ccccc3)C(=O)C(=O)N2Cc2cccnc2)c1OC. The first-order valence-electron chi connectivity index (χ1n) is 10.0. The van der Waals surface area contributed by atoms with Crippen LogP contribution in [0.2, 0.25) is 0 Å². The molecular weight excluding hydrogens is 408 g/mol. The molecule has 0 spiro atoms. The maximum absolute atomic E-state index is 13.2. The van der Waals surface area contributed by atoms with E-state index in [4.69, 9.17) is 9.47 Å². The number of rotatable bonds is 6. The van der Waals surface area contributed by atoms with Gasteiger partial charge in [0.2, 0.25) is 0 Å². The number of aromatic nitrogens is 1. The first-order valence-corrected chi connectivity index (χ1v) is 10.0. The minimum absolute atomic E-state index is 0.00311. The van der Waals surface area contributed by atoms with Crippen molar-refractivity contribution in [1.29, 1.82) is 0 Å². The Bertz CT molecular complexity index is 1180. The molecule has 7 heteroatoms. The quantitative estimate of drug-likeness (QED) is 0.364. The van der Waals surface area contributed by atoms with Gasteiger partial charge in [-0.1, -0.05) is 48.5 Å². The molecule has 0 unspecified atom stereocenters. The molecule has 1 fully saturated rings. The normalized spacial score (nSPS) is 17.4. The van der Waals surface area contributed by atoms with Crippen molar-refractivity contribution in [3.63, 3.8) is 0 Å². The molecule has 1 aliphatic heterocycles. The van der Waals surface area contributed by atoms with Crippen molar-refractivity contribution in [3.8, 4) is 11.5 Å².